The van der Waals surface area contributed by atoms with Gasteiger partial charge in [-0.25, -0.2) is 0 Å². The number of ketones is 1. The van der Waals surface area contributed by atoms with Gasteiger partial charge >= 0.3 is 0 Å². The van der Waals surface area contributed by atoms with E-state index in [0.29, 0.717) is 18.9 Å². The Morgan fingerprint density at radius 1 is 1.47 bits per heavy atom. The third-order valence-corrected chi connectivity index (χ3v) is 2.10. The highest BCUT2D eigenvalue weighted by atomic mass is 16.5. The molecule has 1 aromatic heterocycles. The van der Waals surface area contributed by atoms with Crippen LogP contribution < -0.4 is 0 Å². The molecule has 0 saturated carbocycles. The second-order valence-corrected chi connectivity index (χ2v) is 3.33. The highest BCUT2D eigenvalue weighted by molar-refractivity contribution is 5.95. The lowest BCUT2D eigenvalue weighted by atomic mass is 10.3. The number of carbonyl (C=O) groups is 1. The van der Waals surface area contributed by atoms with Gasteiger partial charge in [0.25, 0.3) is 0 Å². The second kappa shape index (κ2) is 6.37. The molecule has 0 spiro atoms. The molecule has 0 bridgehead atoms. The summed E-state index contributed by atoms with van der Waals surface area (Å²) in [5.74, 6) is 0.0138. The smallest absolute Gasteiger partial charge is 0.204 e. The Morgan fingerprint density at radius 3 is 2.87 bits per heavy atom. The fourth-order valence-corrected chi connectivity index (χ4v) is 1.29. The van der Waals surface area contributed by atoms with Crippen LogP contribution in [0.3, 0.4) is 0 Å². The largest absolute Gasteiger partial charge is 0.385 e. The maximum Gasteiger partial charge on any atom is 0.204 e. The quantitative estimate of drug-likeness (QED) is 0.503. The molecule has 0 aliphatic rings. The van der Waals surface area contributed by atoms with Crippen molar-refractivity contribution in [1.29, 1.82) is 0 Å². The number of hydrogen-bond acceptors (Lipinski definition) is 3. The summed E-state index contributed by atoms with van der Waals surface area (Å²) in [5, 5.41) is 0. The zero-order chi connectivity index (χ0) is 11.1. The first kappa shape index (κ1) is 11.9. The van der Waals surface area contributed by atoms with E-state index < -0.39 is 0 Å². The van der Waals surface area contributed by atoms with E-state index in [4.69, 9.17) is 9.47 Å². The molecule has 4 heteroatoms. The Bertz CT molecular complexity index is 307. The number of aryl methyl sites for hydroxylation is 1. The topological polar surface area (TPSA) is 40.5 Å². The number of hydrogen-bond donors (Lipinski definition) is 0. The van der Waals surface area contributed by atoms with Gasteiger partial charge < -0.3 is 14.0 Å². The SMILES string of the molecule is COCCCOCC(=O)c1cccn1C. The summed E-state index contributed by atoms with van der Waals surface area (Å²) < 4.78 is 11.9. The maximum absolute atomic E-state index is 11.6. The van der Waals surface area contributed by atoms with Gasteiger partial charge in [-0.05, 0) is 18.6 Å². The van der Waals surface area contributed by atoms with Gasteiger partial charge in [-0.2, -0.15) is 0 Å². The van der Waals surface area contributed by atoms with E-state index in [2.05, 4.69) is 0 Å². The first-order chi connectivity index (χ1) is 7.25. The van der Waals surface area contributed by atoms with Crippen LogP contribution in [0.2, 0.25) is 0 Å². The molecule has 0 N–H and O–H groups in total. The number of carbonyl (C=O) groups excluding carboxylic acids is 1. The van der Waals surface area contributed by atoms with Crippen molar-refractivity contribution in [2.45, 2.75) is 6.42 Å². The van der Waals surface area contributed by atoms with Crippen LogP contribution in [0.1, 0.15) is 16.9 Å². The summed E-state index contributed by atoms with van der Waals surface area (Å²) in [5.41, 5.74) is 0.682. The lowest BCUT2D eigenvalue weighted by Crippen LogP contribution is -2.13. The molecule has 0 aromatic carbocycles. The van der Waals surface area contributed by atoms with Crippen molar-refractivity contribution < 1.29 is 14.3 Å². The first-order valence-corrected chi connectivity index (χ1v) is 4.97. The van der Waals surface area contributed by atoms with Crippen LogP contribution in [0.4, 0.5) is 0 Å². The molecule has 1 aromatic rings. The lowest BCUT2D eigenvalue weighted by molar-refractivity contribution is 0.0698. The van der Waals surface area contributed by atoms with Crippen molar-refractivity contribution in [3.8, 4) is 0 Å². The van der Waals surface area contributed by atoms with Gasteiger partial charge in [0.05, 0.1) is 5.69 Å². The van der Waals surface area contributed by atoms with Crippen LogP contribution in [0.25, 0.3) is 0 Å². The Kier molecular flexibility index (Phi) is 5.07. The number of Topliss-reactive ketones (excluding diaryl/α,β-unsaturated/α-hetero) is 1. The van der Waals surface area contributed by atoms with Crippen molar-refractivity contribution in [2.75, 3.05) is 26.9 Å². The molecular formula is C11H17NO3. The Balaban J connectivity index is 2.22. The third-order valence-electron chi connectivity index (χ3n) is 2.10. The van der Waals surface area contributed by atoms with Crippen LogP contribution in [-0.4, -0.2) is 37.3 Å². The highest BCUT2D eigenvalue weighted by Gasteiger charge is 2.08. The third kappa shape index (κ3) is 3.85. The van der Waals surface area contributed by atoms with Crippen molar-refractivity contribution in [1.82, 2.24) is 4.57 Å². The zero-order valence-electron chi connectivity index (χ0n) is 9.23. The molecular weight excluding hydrogens is 194 g/mol. The maximum atomic E-state index is 11.6. The Hall–Kier alpha value is -1.13. The molecule has 0 saturated heterocycles. The predicted octanol–water partition coefficient (Wildman–Crippen LogP) is 1.26. The van der Waals surface area contributed by atoms with E-state index >= 15 is 0 Å². The molecule has 84 valence electrons. The van der Waals surface area contributed by atoms with Gasteiger partial charge in [0.2, 0.25) is 5.78 Å². The van der Waals surface area contributed by atoms with E-state index in [9.17, 15) is 4.79 Å². The van der Waals surface area contributed by atoms with Crippen molar-refractivity contribution >= 4 is 5.78 Å². The molecule has 15 heavy (non-hydrogen) atoms. The van der Waals surface area contributed by atoms with E-state index in [1.54, 1.807) is 17.7 Å². The van der Waals surface area contributed by atoms with Gasteiger partial charge in [0.1, 0.15) is 6.61 Å². The highest BCUT2D eigenvalue weighted by Crippen LogP contribution is 2.01. The number of ether oxygens (including phenoxy) is 2. The minimum Gasteiger partial charge on any atom is -0.385 e. The van der Waals surface area contributed by atoms with Crippen molar-refractivity contribution in [2.24, 2.45) is 7.05 Å². The average molecular weight is 211 g/mol. The second-order valence-electron chi connectivity index (χ2n) is 3.33. The molecule has 0 atom stereocenters. The van der Waals surface area contributed by atoms with Gasteiger partial charge in [0, 0.05) is 33.6 Å². The molecule has 4 nitrogen and oxygen atoms in total. The standard InChI is InChI=1S/C11H17NO3/c1-12-6-3-5-10(12)11(13)9-15-8-4-7-14-2/h3,5-6H,4,7-9H2,1-2H3. The minimum atomic E-state index is 0.0138. The zero-order valence-corrected chi connectivity index (χ0v) is 9.23. The summed E-state index contributed by atoms with van der Waals surface area (Å²) >= 11 is 0. The monoisotopic (exact) mass is 211 g/mol. The minimum absolute atomic E-state index is 0.0138. The van der Waals surface area contributed by atoms with Crippen LogP contribution >= 0.6 is 0 Å². The molecule has 0 amide bonds. The number of nitrogens with zero attached hydrogens (tertiary/aromatic N) is 1. The van der Waals surface area contributed by atoms with Crippen LogP contribution in [0.15, 0.2) is 18.3 Å². The number of rotatable bonds is 7. The average Bonchev–Trinajstić information content (AvgIpc) is 2.64. The fourth-order valence-electron chi connectivity index (χ4n) is 1.29. The van der Waals surface area contributed by atoms with Gasteiger partial charge in [-0.1, -0.05) is 0 Å². The first-order valence-electron chi connectivity index (χ1n) is 4.97. The molecule has 0 unspecified atom stereocenters. The molecule has 0 aliphatic carbocycles. The molecule has 1 heterocycles. The molecule has 1 rings (SSSR count). The summed E-state index contributed by atoms with van der Waals surface area (Å²) in [4.78, 5) is 11.6. The lowest BCUT2D eigenvalue weighted by Gasteiger charge is -2.04. The summed E-state index contributed by atoms with van der Waals surface area (Å²) in [6.45, 7) is 1.36. The molecule has 0 fully saturated rings. The van der Waals surface area contributed by atoms with E-state index in [-0.39, 0.29) is 12.4 Å². The van der Waals surface area contributed by atoms with E-state index in [1.807, 2.05) is 19.3 Å². The Labute approximate surface area is 89.8 Å². The summed E-state index contributed by atoms with van der Waals surface area (Å²) in [7, 11) is 3.49. The molecule has 0 aliphatic heterocycles. The molecule has 0 radical (unpaired) electrons. The number of aromatic nitrogens is 1. The van der Waals surface area contributed by atoms with Gasteiger partial charge in [0.15, 0.2) is 0 Å². The number of methoxy groups -OCH3 is 1. The van der Waals surface area contributed by atoms with E-state index in [1.165, 1.54) is 0 Å². The van der Waals surface area contributed by atoms with Crippen LogP contribution in [-0.2, 0) is 16.5 Å². The van der Waals surface area contributed by atoms with Crippen molar-refractivity contribution in [3.63, 3.8) is 0 Å². The van der Waals surface area contributed by atoms with Crippen molar-refractivity contribution in [3.05, 3.63) is 24.0 Å². The van der Waals surface area contributed by atoms with Crippen LogP contribution in [0, 0.1) is 0 Å². The summed E-state index contributed by atoms with van der Waals surface area (Å²) in [6, 6.07) is 3.64. The van der Waals surface area contributed by atoms with Gasteiger partial charge in [-0.3, -0.25) is 4.79 Å². The van der Waals surface area contributed by atoms with Crippen LogP contribution in [0.5, 0.6) is 0 Å². The Morgan fingerprint density at radius 2 is 2.27 bits per heavy atom. The van der Waals surface area contributed by atoms with Gasteiger partial charge in [-0.15, -0.1) is 0 Å². The summed E-state index contributed by atoms with van der Waals surface area (Å²) in [6.07, 6.45) is 2.66. The normalized spacial score (nSPS) is 10.5. The fraction of sp³-hybridized carbons (Fsp3) is 0.545. The van der Waals surface area contributed by atoms with E-state index in [0.717, 1.165) is 6.42 Å². The predicted molar refractivity (Wildman–Crippen MR) is 57.1 cm³/mol.